The number of aromatic nitrogens is 1. The maximum Gasteiger partial charge on any atom is 0.263 e. The number of amides is 2. The molecule has 6 nitrogen and oxygen atoms in total. The Kier molecular flexibility index (Phi) is 7.30. The molecule has 1 saturated carbocycles. The van der Waals surface area contributed by atoms with E-state index in [1.165, 1.54) is 43.4 Å². The number of piperidine rings is 1. The zero-order valence-corrected chi connectivity index (χ0v) is 21.1. The molecule has 2 saturated heterocycles. The van der Waals surface area contributed by atoms with Crippen LogP contribution < -0.4 is 0 Å². The lowest BCUT2D eigenvalue weighted by Crippen LogP contribution is -2.52. The molecule has 34 heavy (non-hydrogen) atoms. The second-order valence-corrected chi connectivity index (χ2v) is 11.0. The van der Waals surface area contributed by atoms with Gasteiger partial charge in [0.05, 0.1) is 16.1 Å². The van der Waals surface area contributed by atoms with Crippen LogP contribution in [0.5, 0.6) is 0 Å². The van der Waals surface area contributed by atoms with E-state index in [2.05, 4.69) is 4.90 Å². The summed E-state index contributed by atoms with van der Waals surface area (Å²) in [6.45, 7) is 6.99. The zero-order chi connectivity index (χ0) is 23.5. The van der Waals surface area contributed by atoms with Crippen molar-refractivity contribution in [2.75, 3.05) is 39.3 Å². The van der Waals surface area contributed by atoms with Gasteiger partial charge in [-0.05, 0) is 56.2 Å². The Balaban J connectivity index is 1.23. The van der Waals surface area contributed by atoms with Gasteiger partial charge in [-0.3, -0.25) is 19.5 Å². The van der Waals surface area contributed by atoms with Gasteiger partial charge in [0.1, 0.15) is 0 Å². The Morgan fingerprint density at radius 2 is 1.56 bits per heavy atom. The van der Waals surface area contributed by atoms with Crippen LogP contribution in [0.15, 0.2) is 29.6 Å². The fourth-order valence-electron chi connectivity index (χ4n) is 5.89. The van der Waals surface area contributed by atoms with Crippen molar-refractivity contribution in [1.29, 1.82) is 0 Å². The third kappa shape index (κ3) is 5.05. The molecule has 7 heteroatoms. The molecular formula is C27H36N4O2S. The van der Waals surface area contributed by atoms with E-state index >= 15 is 0 Å². The SMILES string of the molecule is Cc1ccc(C(=O)N2CCN(C3CCCCC3)CC2)c(C2CCN(C(=O)c3cccs3)CC2)n1. The van der Waals surface area contributed by atoms with Gasteiger partial charge in [-0.15, -0.1) is 11.3 Å². The number of carbonyl (C=O) groups is 2. The maximum absolute atomic E-state index is 13.6. The molecule has 0 bridgehead atoms. The number of pyridine rings is 1. The minimum absolute atomic E-state index is 0.123. The van der Waals surface area contributed by atoms with Crippen LogP contribution in [0.4, 0.5) is 0 Å². The summed E-state index contributed by atoms with van der Waals surface area (Å²) in [7, 11) is 0. The molecule has 0 spiro atoms. The van der Waals surface area contributed by atoms with Crippen LogP contribution in [0, 0.1) is 6.92 Å². The smallest absolute Gasteiger partial charge is 0.263 e. The summed E-state index contributed by atoms with van der Waals surface area (Å²) in [4.78, 5) is 38.6. The number of hydrogen-bond donors (Lipinski definition) is 0. The van der Waals surface area contributed by atoms with Gasteiger partial charge in [0.25, 0.3) is 11.8 Å². The van der Waals surface area contributed by atoms with Crippen LogP contribution in [-0.2, 0) is 0 Å². The Bertz CT molecular complexity index is 986. The molecule has 2 aromatic heterocycles. The molecule has 182 valence electrons. The summed E-state index contributed by atoms with van der Waals surface area (Å²) in [5.74, 6) is 0.468. The van der Waals surface area contributed by atoms with Crippen molar-refractivity contribution in [2.24, 2.45) is 0 Å². The van der Waals surface area contributed by atoms with E-state index < -0.39 is 0 Å². The molecule has 0 unspecified atom stereocenters. The first kappa shape index (κ1) is 23.5. The number of likely N-dealkylation sites (tertiary alicyclic amines) is 1. The second kappa shape index (κ2) is 10.6. The zero-order valence-electron chi connectivity index (χ0n) is 20.2. The number of nitrogens with zero attached hydrogens (tertiary/aromatic N) is 4. The number of rotatable bonds is 4. The minimum Gasteiger partial charge on any atom is -0.338 e. The van der Waals surface area contributed by atoms with Crippen LogP contribution in [0.25, 0.3) is 0 Å². The lowest BCUT2D eigenvalue weighted by Gasteiger charge is -2.41. The van der Waals surface area contributed by atoms with Crippen LogP contribution in [-0.4, -0.2) is 76.8 Å². The van der Waals surface area contributed by atoms with Gasteiger partial charge < -0.3 is 9.80 Å². The Hall–Kier alpha value is -2.25. The molecule has 4 heterocycles. The van der Waals surface area contributed by atoms with E-state index in [1.807, 2.05) is 46.4 Å². The largest absolute Gasteiger partial charge is 0.338 e. The van der Waals surface area contributed by atoms with Gasteiger partial charge in [-0.1, -0.05) is 25.3 Å². The van der Waals surface area contributed by atoms with Crippen LogP contribution in [0.2, 0.25) is 0 Å². The summed E-state index contributed by atoms with van der Waals surface area (Å²) in [5, 5.41) is 1.95. The molecule has 0 aromatic carbocycles. The van der Waals surface area contributed by atoms with Crippen molar-refractivity contribution in [3.63, 3.8) is 0 Å². The summed E-state index contributed by atoms with van der Waals surface area (Å²) in [6, 6.07) is 8.48. The van der Waals surface area contributed by atoms with Gasteiger partial charge >= 0.3 is 0 Å². The average molecular weight is 481 g/mol. The van der Waals surface area contributed by atoms with Crippen LogP contribution in [0.1, 0.15) is 82.3 Å². The van der Waals surface area contributed by atoms with Crippen molar-refractivity contribution < 1.29 is 9.59 Å². The minimum atomic E-state index is 0.123. The van der Waals surface area contributed by atoms with E-state index in [4.69, 9.17) is 4.98 Å². The fourth-order valence-corrected chi connectivity index (χ4v) is 6.58. The molecule has 0 radical (unpaired) electrons. The maximum atomic E-state index is 13.6. The van der Waals surface area contributed by atoms with E-state index in [1.54, 1.807) is 0 Å². The molecular weight excluding hydrogens is 444 g/mol. The third-order valence-electron chi connectivity index (χ3n) is 7.89. The van der Waals surface area contributed by atoms with E-state index in [0.717, 1.165) is 60.8 Å². The lowest BCUT2D eigenvalue weighted by atomic mass is 9.89. The highest BCUT2D eigenvalue weighted by Crippen LogP contribution is 2.31. The molecule has 2 aliphatic heterocycles. The number of piperazine rings is 1. The van der Waals surface area contributed by atoms with Crippen molar-refractivity contribution in [3.05, 3.63) is 51.5 Å². The molecule has 2 aromatic rings. The number of hydrogen-bond acceptors (Lipinski definition) is 5. The number of thiophene rings is 1. The van der Waals surface area contributed by atoms with E-state index in [-0.39, 0.29) is 17.7 Å². The van der Waals surface area contributed by atoms with Gasteiger partial charge in [0, 0.05) is 56.9 Å². The molecule has 1 aliphatic carbocycles. The number of carbonyl (C=O) groups excluding carboxylic acids is 2. The predicted octanol–water partition coefficient (Wildman–Crippen LogP) is 4.56. The molecule has 0 N–H and O–H groups in total. The van der Waals surface area contributed by atoms with Crippen molar-refractivity contribution in [2.45, 2.75) is 63.8 Å². The molecule has 5 rings (SSSR count). The van der Waals surface area contributed by atoms with Gasteiger partial charge in [0.15, 0.2) is 0 Å². The van der Waals surface area contributed by atoms with E-state index in [0.29, 0.717) is 19.1 Å². The summed E-state index contributed by atoms with van der Waals surface area (Å²) < 4.78 is 0. The van der Waals surface area contributed by atoms with Gasteiger partial charge in [-0.25, -0.2) is 0 Å². The topological polar surface area (TPSA) is 56.8 Å². The lowest BCUT2D eigenvalue weighted by molar-refractivity contribution is 0.0519. The highest BCUT2D eigenvalue weighted by Gasteiger charge is 2.32. The summed E-state index contributed by atoms with van der Waals surface area (Å²) >= 11 is 1.50. The molecule has 0 atom stereocenters. The van der Waals surface area contributed by atoms with E-state index in [9.17, 15) is 9.59 Å². The number of aryl methyl sites for hydroxylation is 1. The highest BCUT2D eigenvalue weighted by atomic mass is 32.1. The fraction of sp³-hybridized carbons (Fsp3) is 0.593. The monoisotopic (exact) mass is 480 g/mol. The summed E-state index contributed by atoms with van der Waals surface area (Å²) in [5.41, 5.74) is 2.65. The Morgan fingerprint density at radius 3 is 2.24 bits per heavy atom. The van der Waals surface area contributed by atoms with Crippen molar-refractivity contribution in [1.82, 2.24) is 19.7 Å². The Labute approximate surface area is 207 Å². The first-order chi connectivity index (χ1) is 16.6. The normalized spacial score (nSPS) is 21.1. The summed E-state index contributed by atoms with van der Waals surface area (Å²) in [6.07, 6.45) is 8.40. The van der Waals surface area contributed by atoms with Gasteiger partial charge in [0.2, 0.25) is 0 Å². The van der Waals surface area contributed by atoms with Gasteiger partial charge in [-0.2, -0.15) is 0 Å². The average Bonchev–Trinajstić information content (AvgIpc) is 3.44. The van der Waals surface area contributed by atoms with Crippen molar-refractivity contribution >= 4 is 23.2 Å². The quantitative estimate of drug-likeness (QED) is 0.644. The first-order valence-corrected chi connectivity index (χ1v) is 13.8. The molecule has 2 amide bonds. The second-order valence-electron chi connectivity index (χ2n) is 10.0. The van der Waals surface area contributed by atoms with Crippen molar-refractivity contribution in [3.8, 4) is 0 Å². The standard InChI is InChI=1S/C27H36N4O2S/c1-20-9-10-23(26(32)31-17-15-29(16-18-31)22-6-3-2-4-7-22)25(28-20)21-11-13-30(14-12-21)27(33)24-8-5-19-34-24/h5,8-10,19,21-22H,2-4,6-7,11-18H2,1H3. The molecule has 3 aliphatic rings. The first-order valence-electron chi connectivity index (χ1n) is 12.9. The molecule has 3 fully saturated rings. The highest BCUT2D eigenvalue weighted by molar-refractivity contribution is 7.12. The Morgan fingerprint density at radius 1 is 0.853 bits per heavy atom. The predicted molar refractivity (Wildman–Crippen MR) is 136 cm³/mol. The van der Waals surface area contributed by atoms with Crippen LogP contribution >= 0.6 is 11.3 Å². The third-order valence-corrected chi connectivity index (χ3v) is 8.75. The van der Waals surface area contributed by atoms with Crippen LogP contribution in [0.3, 0.4) is 0 Å².